The molecule has 0 aliphatic carbocycles. The van der Waals surface area contributed by atoms with Crippen molar-refractivity contribution in [3.05, 3.63) is 17.5 Å². The first-order chi connectivity index (χ1) is 10.2. The molecule has 0 bridgehead atoms. The molecule has 1 aromatic heterocycles. The molecule has 21 heavy (non-hydrogen) atoms. The monoisotopic (exact) mass is 289 g/mol. The van der Waals surface area contributed by atoms with Crippen LogP contribution in [0.5, 0.6) is 0 Å². The summed E-state index contributed by atoms with van der Waals surface area (Å²) in [6.07, 6.45) is 5.28. The Labute approximate surface area is 127 Å². The Hall–Kier alpha value is -1.20. The predicted octanol–water partition coefficient (Wildman–Crippen LogP) is 1.56. The largest absolute Gasteiger partial charge is 0.341 e. The summed E-state index contributed by atoms with van der Waals surface area (Å²) in [6.45, 7) is 8.56. The highest BCUT2D eigenvalue weighted by Gasteiger charge is 2.24. The van der Waals surface area contributed by atoms with Gasteiger partial charge in [0.1, 0.15) is 0 Å². The first kappa shape index (κ1) is 14.7. The number of aryl methyl sites for hydroxylation is 1. The molecule has 0 radical (unpaired) electrons. The number of hydrogen-bond donors (Lipinski definition) is 1. The second kappa shape index (κ2) is 6.71. The lowest BCUT2D eigenvalue weighted by molar-refractivity contribution is 0.249. The Morgan fingerprint density at radius 1 is 1.14 bits per heavy atom. The fourth-order valence-electron chi connectivity index (χ4n) is 3.51. The highest BCUT2D eigenvalue weighted by Crippen LogP contribution is 2.23. The molecule has 0 aromatic carbocycles. The minimum absolute atomic E-state index is 0.488. The lowest BCUT2D eigenvalue weighted by Gasteiger charge is -2.34. The van der Waals surface area contributed by atoms with Crippen LogP contribution in [0.4, 0.5) is 5.95 Å². The van der Waals surface area contributed by atoms with Gasteiger partial charge in [-0.15, -0.1) is 0 Å². The lowest BCUT2D eigenvalue weighted by Crippen LogP contribution is -2.39. The molecule has 5 heteroatoms. The minimum atomic E-state index is 0.488. The molecule has 3 rings (SSSR count). The van der Waals surface area contributed by atoms with Gasteiger partial charge in [0.25, 0.3) is 0 Å². The first-order valence-corrected chi connectivity index (χ1v) is 8.26. The van der Waals surface area contributed by atoms with Crippen LogP contribution in [0.3, 0.4) is 0 Å². The zero-order valence-corrected chi connectivity index (χ0v) is 13.1. The molecular weight excluding hydrogens is 262 g/mol. The SMILES string of the molecule is Cc1cc(CN)nc(N2CCC(CN3CCCC3)CC2)n1. The number of nitrogens with zero attached hydrogens (tertiary/aromatic N) is 4. The molecule has 1 aromatic rings. The summed E-state index contributed by atoms with van der Waals surface area (Å²) < 4.78 is 0. The van der Waals surface area contributed by atoms with Gasteiger partial charge in [-0.25, -0.2) is 9.97 Å². The summed E-state index contributed by atoms with van der Waals surface area (Å²) in [7, 11) is 0. The van der Waals surface area contributed by atoms with Crippen molar-refractivity contribution in [3.63, 3.8) is 0 Å². The van der Waals surface area contributed by atoms with Crippen molar-refractivity contribution >= 4 is 5.95 Å². The van der Waals surface area contributed by atoms with Gasteiger partial charge in [0.05, 0.1) is 5.69 Å². The summed E-state index contributed by atoms with van der Waals surface area (Å²) in [5.74, 6) is 1.72. The van der Waals surface area contributed by atoms with Gasteiger partial charge in [-0.2, -0.15) is 0 Å². The standard InChI is InChI=1S/C16H27N5/c1-13-10-15(11-17)19-16(18-13)21-8-4-14(5-9-21)12-20-6-2-3-7-20/h10,14H,2-9,11-12,17H2,1H3. The molecule has 0 atom stereocenters. The zero-order chi connectivity index (χ0) is 14.7. The highest BCUT2D eigenvalue weighted by molar-refractivity contribution is 5.33. The molecule has 0 saturated carbocycles. The number of aromatic nitrogens is 2. The van der Waals surface area contributed by atoms with Crippen molar-refractivity contribution in [2.45, 2.75) is 39.2 Å². The van der Waals surface area contributed by atoms with Crippen LogP contribution in [0.25, 0.3) is 0 Å². The van der Waals surface area contributed by atoms with Crippen LogP contribution in [-0.4, -0.2) is 47.6 Å². The van der Waals surface area contributed by atoms with E-state index in [0.29, 0.717) is 6.54 Å². The minimum Gasteiger partial charge on any atom is -0.341 e. The van der Waals surface area contributed by atoms with E-state index in [4.69, 9.17) is 5.73 Å². The van der Waals surface area contributed by atoms with E-state index in [1.54, 1.807) is 0 Å². The molecule has 0 unspecified atom stereocenters. The van der Waals surface area contributed by atoms with Crippen LogP contribution in [0.15, 0.2) is 6.07 Å². The second-order valence-electron chi connectivity index (χ2n) is 6.44. The molecule has 3 heterocycles. The quantitative estimate of drug-likeness (QED) is 0.911. The van der Waals surface area contributed by atoms with Crippen molar-refractivity contribution in [3.8, 4) is 0 Å². The normalized spacial score (nSPS) is 21.1. The molecular formula is C16H27N5. The van der Waals surface area contributed by atoms with Gasteiger partial charge in [-0.3, -0.25) is 0 Å². The highest BCUT2D eigenvalue weighted by atomic mass is 15.3. The Morgan fingerprint density at radius 2 is 1.86 bits per heavy atom. The van der Waals surface area contributed by atoms with Crippen LogP contribution < -0.4 is 10.6 Å². The first-order valence-electron chi connectivity index (χ1n) is 8.26. The summed E-state index contributed by atoms with van der Waals surface area (Å²) in [6, 6.07) is 1.98. The molecule has 2 fully saturated rings. The third-order valence-corrected chi connectivity index (χ3v) is 4.72. The van der Waals surface area contributed by atoms with Gasteiger partial charge in [0.15, 0.2) is 0 Å². The van der Waals surface area contributed by atoms with Crippen LogP contribution >= 0.6 is 0 Å². The summed E-state index contributed by atoms with van der Waals surface area (Å²) in [4.78, 5) is 14.1. The Kier molecular flexibility index (Phi) is 4.70. The summed E-state index contributed by atoms with van der Waals surface area (Å²) in [5.41, 5.74) is 7.67. The van der Waals surface area contributed by atoms with Crippen LogP contribution in [0.1, 0.15) is 37.1 Å². The summed E-state index contributed by atoms with van der Waals surface area (Å²) >= 11 is 0. The Bertz CT molecular complexity index is 462. The van der Waals surface area contributed by atoms with Crippen LogP contribution in [0.2, 0.25) is 0 Å². The average Bonchev–Trinajstić information content (AvgIpc) is 3.00. The fourth-order valence-corrected chi connectivity index (χ4v) is 3.51. The van der Waals surface area contributed by atoms with Crippen molar-refractivity contribution < 1.29 is 0 Å². The number of hydrogen-bond acceptors (Lipinski definition) is 5. The maximum Gasteiger partial charge on any atom is 0.225 e. The van der Waals surface area contributed by atoms with Crippen molar-refractivity contribution in [2.24, 2.45) is 11.7 Å². The van der Waals surface area contributed by atoms with Crippen molar-refractivity contribution in [1.29, 1.82) is 0 Å². The fraction of sp³-hybridized carbons (Fsp3) is 0.750. The molecule has 2 aliphatic rings. The Balaban J connectivity index is 1.56. The molecule has 116 valence electrons. The van der Waals surface area contributed by atoms with Crippen molar-refractivity contribution in [2.75, 3.05) is 37.6 Å². The van der Waals surface area contributed by atoms with Gasteiger partial charge in [-0.1, -0.05) is 0 Å². The maximum atomic E-state index is 5.72. The van der Waals surface area contributed by atoms with E-state index in [-0.39, 0.29) is 0 Å². The number of anilines is 1. The number of rotatable bonds is 4. The molecule has 2 aliphatic heterocycles. The smallest absolute Gasteiger partial charge is 0.225 e. The van der Waals surface area contributed by atoms with E-state index in [1.807, 2.05) is 13.0 Å². The maximum absolute atomic E-state index is 5.72. The van der Waals surface area contributed by atoms with E-state index < -0.39 is 0 Å². The molecule has 0 spiro atoms. The van der Waals surface area contributed by atoms with Gasteiger partial charge in [0.2, 0.25) is 5.95 Å². The molecule has 2 saturated heterocycles. The molecule has 0 amide bonds. The van der Waals surface area contributed by atoms with Crippen LogP contribution in [-0.2, 0) is 6.54 Å². The topological polar surface area (TPSA) is 58.3 Å². The zero-order valence-electron chi connectivity index (χ0n) is 13.1. The van der Waals surface area contributed by atoms with Crippen molar-refractivity contribution in [1.82, 2.24) is 14.9 Å². The van der Waals surface area contributed by atoms with E-state index in [9.17, 15) is 0 Å². The lowest BCUT2D eigenvalue weighted by atomic mass is 9.96. The number of piperidine rings is 1. The Morgan fingerprint density at radius 3 is 2.52 bits per heavy atom. The predicted molar refractivity (Wildman–Crippen MR) is 85.3 cm³/mol. The van der Waals surface area contributed by atoms with E-state index in [1.165, 1.54) is 45.3 Å². The number of nitrogens with two attached hydrogens (primary N) is 1. The van der Waals surface area contributed by atoms with Gasteiger partial charge >= 0.3 is 0 Å². The average molecular weight is 289 g/mol. The summed E-state index contributed by atoms with van der Waals surface area (Å²) in [5, 5.41) is 0. The van der Waals surface area contributed by atoms with Crippen LogP contribution in [0, 0.1) is 12.8 Å². The molecule has 2 N–H and O–H groups in total. The van der Waals surface area contributed by atoms with Gasteiger partial charge in [-0.05, 0) is 57.7 Å². The van der Waals surface area contributed by atoms with E-state index in [0.717, 1.165) is 36.3 Å². The number of likely N-dealkylation sites (tertiary alicyclic amines) is 1. The van der Waals surface area contributed by atoms with E-state index in [2.05, 4.69) is 19.8 Å². The molecule has 5 nitrogen and oxygen atoms in total. The third-order valence-electron chi connectivity index (χ3n) is 4.72. The third kappa shape index (κ3) is 3.71. The second-order valence-corrected chi connectivity index (χ2v) is 6.44. The van der Waals surface area contributed by atoms with E-state index >= 15 is 0 Å². The van der Waals surface area contributed by atoms with Gasteiger partial charge in [0, 0.05) is 31.9 Å². The van der Waals surface area contributed by atoms with Gasteiger partial charge < -0.3 is 15.5 Å².